The Hall–Kier alpha value is -1.55. The largest absolute Gasteiger partial charge is 0.370 e. The Balaban J connectivity index is 1.29. The van der Waals surface area contributed by atoms with Crippen molar-refractivity contribution in [3.05, 3.63) is 47.5 Å². The minimum absolute atomic E-state index is 0.351. The van der Waals surface area contributed by atoms with Crippen molar-refractivity contribution >= 4 is 32.7 Å². The molecule has 2 aromatic carbocycles. The first-order valence-electron chi connectivity index (χ1n) is 10.4. The summed E-state index contributed by atoms with van der Waals surface area (Å²) in [6.45, 7) is 0. The first-order chi connectivity index (χ1) is 13.1. The van der Waals surface area contributed by atoms with Crippen molar-refractivity contribution in [2.24, 2.45) is 34.4 Å². The van der Waals surface area contributed by atoms with Crippen LogP contribution in [0.4, 0.5) is 0 Å². The summed E-state index contributed by atoms with van der Waals surface area (Å²) >= 11 is 3.99. The maximum atomic E-state index is 6.49. The van der Waals surface area contributed by atoms with Crippen LogP contribution in [-0.4, -0.2) is 12.0 Å². The van der Waals surface area contributed by atoms with Gasteiger partial charge >= 0.3 is 0 Å². The van der Waals surface area contributed by atoms with Gasteiger partial charge < -0.3 is 11.1 Å². The van der Waals surface area contributed by atoms with E-state index < -0.39 is 0 Å². The molecule has 0 amide bonds. The normalized spacial score (nSPS) is 39.3. The number of nitrogens with zero attached hydrogens (tertiary/aromatic N) is 1. The summed E-state index contributed by atoms with van der Waals surface area (Å²) in [6, 6.07) is 13.5. The smallest absolute Gasteiger partial charge is 0.190 e. The molecule has 3 N–H and O–H groups in total. The molecule has 3 nitrogen and oxygen atoms in total. The molecule has 0 saturated heterocycles. The van der Waals surface area contributed by atoms with Crippen LogP contribution >= 0.6 is 15.9 Å². The Morgan fingerprint density at radius 3 is 2.37 bits per heavy atom. The molecule has 4 fully saturated rings. The van der Waals surface area contributed by atoms with Gasteiger partial charge in [-0.3, -0.25) is 0 Å². The molecule has 5 aliphatic carbocycles. The summed E-state index contributed by atoms with van der Waals surface area (Å²) in [5, 5.41) is 6.22. The van der Waals surface area contributed by atoms with Crippen LogP contribution in [-0.2, 0) is 10.9 Å². The molecule has 4 bridgehead atoms. The van der Waals surface area contributed by atoms with Gasteiger partial charge in [0, 0.05) is 6.42 Å². The third-order valence-corrected chi connectivity index (χ3v) is 8.55. The quantitative estimate of drug-likeness (QED) is 0.319. The lowest BCUT2D eigenvalue weighted by molar-refractivity contribution is 0.00109. The molecular weight excluding hydrogens is 398 g/mol. The molecule has 1 unspecified atom stereocenters. The van der Waals surface area contributed by atoms with E-state index in [0.717, 1.165) is 30.1 Å². The zero-order valence-corrected chi connectivity index (χ0v) is 17.1. The van der Waals surface area contributed by atoms with E-state index in [4.69, 9.17) is 10.7 Å². The second-order valence-electron chi connectivity index (χ2n) is 9.36. The number of benzene rings is 2. The third-order valence-electron chi connectivity index (χ3n) is 7.64. The van der Waals surface area contributed by atoms with E-state index in [1.807, 2.05) is 0 Å². The van der Waals surface area contributed by atoms with Crippen molar-refractivity contribution < 1.29 is 0 Å². The lowest BCUT2D eigenvalue weighted by atomic mass is 9.54. The van der Waals surface area contributed by atoms with Crippen LogP contribution in [0.25, 0.3) is 10.8 Å². The fraction of sp³-hybridized carbons (Fsp3) is 0.522. The Morgan fingerprint density at radius 2 is 1.67 bits per heavy atom. The lowest BCUT2D eigenvalue weighted by Gasteiger charge is -2.53. The van der Waals surface area contributed by atoms with Crippen molar-refractivity contribution in [1.82, 2.24) is 5.32 Å². The summed E-state index contributed by atoms with van der Waals surface area (Å²) in [4.78, 5) is 5.06. The Labute approximate surface area is 168 Å². The highest BCUT2D eigenvalue weighted by atomic mass is 79.9. The minimum atomic E-state index is -0.351. The van der Waals surface area contributed by atoms with Gasteiger partial charge in [-0.25, -0.2) is 4.99 Å². The fourth-order valence-corrected chi connectivity index (χ4v) is 7.70. The molecule has 0 heterocycles. The fourth-order valence-electron chi connectivity index (χ4n) is 6.87. The summed E-state index contributed by atoms with van der Waals surface area (Å²) in [5.41, 5.74) is 9.14. The average Bonchev–Trinajstić information content (AvgIpc) is 2.91. The zero-order valence-electron chi connectivity index (χ0n) is 15.5. The van der Waals surface area contributed by atoms with E-state index in [1.54, 1.807) is 0 Å². The van der Waals surface area contributed by atoms with Gasteiger partial charge in [0.2, 0.25) is 0 Å². The number of nitrogens with one attached hydrogen (secondary N) is 1. The van der Waals surface area contributed by atoms with Crippen molar-refractivity contribution in [3.8, 4) is 0 Å². The van der Waals surface area contributed by atoms with E-state index in [2.05, 4.69) is 57.6 Å². The highest BCUT2D eigenvalue weighted by Crippen LogP contribution is 2.54. The molecule has 7 rings (SSSR count). The number of guanidine groups is 1. The third kappa shape index (κ3) is 2.48. The van der Waals surface area contributed by atoms with Crippen LogP contribution in [0.1, 0.15) is 43.2 Å². The summed E-state index contributed by atoms with van der Waals surface area (Å²) < 4.78 is -0.351. The summed E-state index contributed by atoms with van der Waals surface area (Å²) in [6.07, 6.45) is 7.86. The Bertz CT molecular complexity index is 919. The van der Waals surface area contributed by atoms with Gasteiger partial charge in [-0.15, -0.1) is 0 Å². The standard InChI is InChI=1S/C23H26BrN3/c24-23(12-16-5-1-3-15-4-2-6-19(23)20(15)16)27-22(25)26-21-17-8-13-7-14(10-17)11-18(21)9-13/h1-6,13-14,17-18,21H,7-12H2,(H3,25,26,27). The van der Waals surface area contributed by atoms with E-state index >= 15 is 0 Å². The van der Waals surface area contributed by atoms with Gasteiger partial charge in [0.25, 0.3) is 0 Å². The number of halogens is 1. The molecule has 4 heteroatoms. The van der Waals surface area contributed by atoms with Crippen LogP contribution in [0, 0.1) is 23.7 Å². The maximum Gasteiger partial charge on any atom is 0.190 e. The molecule has 2 aromatic rings. The SMILES string of the molecule is NC(=NC1C2CC3CC(C2)CC1C3)NC1(Br)Cc2cccc3cccc1c23. The van der Waals surface area contributed by atoms with E-state index in [1.165, 1.54) is 54.0 Å². The highest BCUT2D eigenvalue weighted by Gasteiger charge is 2.48. The van der Waals surface area contributed by atoms with Crippen LogP contribution in [0.2, 0.25) is 0 Å². The van der Waals surface area contributed by atoms with Crippen molar-refractivity contribution in [3.63, 3.8) is 0 Å². The predicted octanol–water partition coefficient (Wildman–Crippen LogP) is 4.67. The lowest BCUT2D eigenvalue weighted by Crippen LogP contribution is -2.50. The zero-order chi connectivity index (χ0) is 18.2. The molecule has 5 aliphatic rings. The molecule has 0 aromatic heterocycles. The van der Waals surface area contributed by atoms with Crippen molar-refractivity contribution in [2.45, 2.75) is 49.0 Å². The van der Waals surface area contributed by atoms with Gasteiger partial charge in [0.1, 0.15) is 4.45 Å². The van der Waals surface area contributed by atoms with Gasteiger partial charge in [0.05, 0.1) is 6.04 Å². The second-order valence-corrected chi connectivity index (χ2v) is 10.7. The number of hydrogen-bond acceptors (Lipinski definition) is 1. The number of nitrogens with two attached hydrogens (primary N) is 1. The maximum absolute atomic E-state index is 6.49. The number of rotatable bonds is 2. The van der Waals surface area contributed by atoms with Crippen molar-refractivity contribution in [2.75, 3.05) is 0 Å². The van der Waals surface area contributed by atoms with E-state index in [0.29, 0.717) is 12.0 Å². The predicted molar refractivity (Wildman–Crippen MR) is 114 cm³/mol. The Morgan fingerprint density at radius 1 is 1.00 bits per heavy atom. The molecule has 0 aliphatic heterocycles. The molecule has 0 spiro atoms. The monoisotopic (exact) mass is 423 g/mol. The molecule has 27 heavy (non-hydrogen) atoms. The number of alkyl halides is 1. The van der Waals surface area contributed by atoms with Crippen molar-refractivity contribution in [1.29, 1.82) is 0 Å². The molecule has 0 radical (unpaired) electrons. The highest BCUT2D eigenvalue weighted by molar-refractivity contribution is 9.09. The van der Waals surface area contributed by atoms with E-state index in [9.17, 15) is 0 Å². The van der Waals surface area contributed by atoms with Gasteiger partial charge in [0.15, 0.2) is 5.96 Å². The van der Waals surface area contributed by atoms with Gasteiger partial charge in [-0.2, -0.15) is 0 Å². The first kappa shape index (κ1) is 16.4. The van der Waals surface area contributed by atoms with Gasteiger partial charge in [-0.05, 0) is 77.7 Å². The second kappa shape index (κ2) is 5.73. The van der Waals surface area contributed by atoms with Crippen LogP contribution in [0.3, 0.4) is 0 Å². The molecule has 1 atom stereocenters. The summed E-state index contributed by atoms with van der Waals surface area (Å²) in [5.74, 6) is 4.07. The summed E-state index contributed by atoms with van der Waals surface area (Å²) in [7, 11) is 0. The molecule has 140 valence electrons. The molecular formula is C23H26BrN3. The number of aliphatic imine (C=N–C) groups is 1. The average molecular weight is 424 g/mol. The minimum Gasteiger partial charge on any atom is -0.370 e. The van der Waals surface area contributed by atoms with Crippen LogP contribution < -0.4 is 11.1 Å². The first-order valence-corrected chi connectivity index (χ1v) is 11.2. The topological polar surface area (TPSA) is 50.4 Å². The Kier molecular flexibility index (Phi) is 3.48. The number of hydrogen-bond donors (Lipinski definition) is 2. The van der Waals surface area contributed by atoms with Gasteiger partial charge in [-0.1, -0.05) is 52.3 Å². The van der Waals surface area contributed by atoms with Crippen LogP contribution in [0.15, 0.2) is 41.4 Å². The molecule has 4 saturated carbocycles. The van der Waals surface area contributed by atoms with Crippen LogP contribution in [0.5, 0.6) is 0 Å². The van der Waals surface area contributed by atoms with E-state index in [-0.39, 0.29) is 4.45 Å².